The van der Waals surface area contributed by atoms with Crippen LogP contribution in [0.5, 0.6) is 0 Å². The van der Waals surface area contributed by atoms with Crippen molar-refractivity contribution in [3.05, 3.63) is 30.6 Å². The lowest BCUT2D eigenvalue weighted by atomic mass is 10.2. The van der Waals surface area contributed by atoms with Gasteiger partial charge in [-0.3, -0.25) is 4.98 Å². The summed E-state index contributed by atoms with van der Waals surface area (Å²) in [5, 5.41) is 1.12. The molecule has 16 heavy (non-hydrogen) atoms. The van der Waals surface area contributed by atoms with Gasteiger partial charge in [0.25, 0.3) is 0 Å². The van der Waals surface area contributed by atoms with Gasteiger partial charge in [-0.15, -0.1) is 0 Å². The normalized spacial score (nSPS) is 16.6. The van der Waals surface area contributed by atoms with Gasteiger partial charge < -0.3 is 9.64 Å². The van der Waals surface area contributed by atoms with Gasteiger partial charge >= 0.3 is 0 Å². The molecule has 2 aromatic heterocycles. The summed E-state index contributed by atoms with van der Waals surface area (Å²) in [5.74, 6) is 1.02. The van der Waals surface area contributed by atoms with Crippen LogP contribution in [-0.4, -0.2) is 36.3 Å². The first-order valence-corrected chi connectivity index (χ1v) is 5.47. The zero-order chi connectivity index (χ0) is 10.8. The molecule has 0 aliphatic carbocycles. The van der Waals surface area contributed by atoms with E-state index in [4.69, 9.17) is 4.74 Å². The van der Waals surface area contributed by atoms with Crippen LogP contribution in [0.25, 0.3) is 10.9 Å². The van der Waals surface area contributed by atoms with Gasteiger partial charge in [0.05, 0.1) is 18.7 Å². The zero-order valence-corrected chi connectivity index (χ0v) is 8.97. The van der Waals surface area contributed by atoms with Crippen LogP contribution in [0.1, 0.15) is 0 Å². The van der Waals surface area contributed by atoms with E-state index >= 15 is 0 Å². The van der Waals surface area contributed by atoms with Gasteiger partial charge in [0.15, 0.2) is 0 Å². The Morgan fingerprint density at radius 1 is 1.06 bits per heavy atom. The predicted octanol–water partition coefficient (Wildman–Crippen LogP) is 1.47. The number of aromatic nitrogens is 2. The summed E-state index contributed by atoms with van der Waals surface area (Å²) < 4.78 is 5.35. The molecular weight excluding hydrogens is 202 g/mol. The summed E-state index contributed by atoms with van der Waals surface area (Å²) in [6.07, 6.45) is 3.63. The Labute approximate surface area is 93.9 Å². The van der Waals surface area contributed by atoms with Gasteiger partial charge in [-0.05, 0) is 18.2 Å². The maximum Gasteiger partial charge on any atom is 0.138 e. The zero-order valence-electron chi connectivity index (χ0n) is 8.97. The van der Waals surface area contributed by atoms with Crippen molar-refractivity contribution >= 4 is 16.7 Å². The van der Waals surface area contributed by atoms with Crippen LogP contribution in [0.2, 0.25) is 0 Å². The molecule has 1 fully saturated rings. The molecule has 1 saturated heterocycles. The third-order valence-electron chi connectivity index (χ3n) is 2.82. The number of fused-ring (bicyclic) bond motifs is 1. The van der Waals surface area contributed by atoms with E-state index in [0.29, 0.717) is 0 Å². The third kappa shape index (κ3) is 1.61. The van der Waals surface area contributed by atoms with E-state index in [1.165, 1.54) is 0 Å². The average molecular weight is 215 g/mol. The lowest BCUT2D eigenvalue weighted by molar-refractivity contribution is 0.122. The molecule has 4 nitrogen and oxygen atoms in total. The van der Waals surface area contributed by atoms with Crippen molar-refractivity contribution in [3.63, 3.8) is 0 Å². The van der Waals surface area contributed by atoms with Crippen molar-refractivity contribution in [2.75, 3.05) is 31.2 Å². The van der Waals surface area contributed by atoms with Crippen molar-refractivity contribution in [2.24, 2.45) is 0 Å². The molecule has 82 valence electrons. The van der Waals surface area contributed by atoms with E-state index in [1.54, 1.807) is 0 Å². The van der Waals surface area contributed by atoms with Crippen LogP contribution in [-0.2, 0) is 4.74 Å². The Bertz CT molecular complexity index is 489. The van der Waals surface area contributed by atoms with Crippen molar-refractivity contribution in [3.8, 4) is 0 Å². The van der Waals surface area contributed by atoms with Gasteiger partial charge in [-0.1, -0.05) is 0 Å². The number of hydrogen-bond acceptors (Lipinski definition) is 4. The molecule has 3 heterocycles. The van der Waals surface area contributed by atoms with Gasteiger partial charge in [0.2, 0.25) is 0 Å². The van der Waals surface area contributed by atoms with E-state index < -0.39 is 0 Å². The highest BCUT2D eigenvalue weighted by atomic mass is 16.5. The fraction of sp³-hybridized carbons (Fsp3) is 0.333. The number of rotatable bonds is 1. The minimum atomic E-state index is 0.776. The molecule has 0 N–H and O–H groups in total. The Hall–Kier alpha value is -1.68. The molecule has 0 unspecified atom stereocenters. The van der Waals surface area contributed by atoms with E-state index in [9.17, 15) is 0 Å². The second kappa shape index (κ2) is 4.06. The fourth-order valence-electron chi connectivity index (χ4n) is 2.01. The summed E-state index contributed by atoms with van der Waals surface area (Å²) in [4.78, 5) is 11.1. The van der Waals surface area contributed by atoms with Crippen molar-refractivity contribution < 1.29 is 4.74 Å². The van der Waals surface area contributed by atoms with Crippen LogP contribution in [0, 0.1) is 0 Å². The van der Waals surface area contributed by atoms with Crippen LogP contribution in [0.4, 0.5) is 5.82 Å². The number of nitrogens with zero attached hydrogens (tertiary/aromatic N) is 3. The monoisotopic (exact) mass is 215 g/mol. The topological polar surface area (TPSA) is 38.2 Å². The predicted molar refractivity (Wildman–Crippen MR) is 62.6 cm³/mol. The molecule has 0 atom stereocenters. The van der Waals surface area contributed by atoms with Gasteiger partial charge in [0, 0.05) is 30.9 Å². The van der Waals surface area contributed by atoms with Crippen LogP contribution < -0.4 is 4.90 Å². The first kappa shape index (κ1) is 9.54. The van der Waals surface area contributed by atoms with Crippen molar-refractivity contribution in [2.45, 2.75) is 0 Å². The average Bonchev–Trinajstić information content (AvgIpc) is 2.39. The number of ether oxygens (including phenoxy) is 1. The van der Waals surface area contributed by atoms with E-state index in [0.717, 1.165) is 43.0 Å². The van der Waals surface area contributed by atoms with E-state index in [-0.39, 0.29) is 0 Å². The van der Waals surface area contributed by atoms with Gasteiger partial charge in [0.1, 0.15) is 5.82 Å². The molecule has 0 bridgehead atoms. The second-order valence-corrected chi connectivity index (χ2v) is 3.80. The second-order valence-electron chi connectivity index (χ2n) is 3.80. The van der Waals surface area contributed by atoms with Crippen molar-refractivity contribution in [1.82, 2.24) is 9.97 Å². The maximum atomic E-state index is 5.35. The fourth-order valence-corrected chi connectivity index (χ4v) is 2.01. The third-order valence-corrected chi connectivity index (χ3v) is 2.82. The molecular formula is C12H13N3O. The number of hydrogen-bond donors (Lipinski definition) is 0. The molecule has 0 radical (unpaired) electrons. The van der Waals surface area contributed by atoms with Gasteiger partial charge in [-0.2, -0.15) is 0 Å². The Morgan fingerprint density at radius 3 is 2.81 bits per heavy atom. The van der Waals surface area contributed by atoms with Crippen LogP contribution >= 0.6 is 0 Å². The molecule has 4 heteroatoms. The summed E-state index contributed by atoms with van der Waals surface area (Å²) in [5.41, 5.74) is 0.999. The molecule has 3 rings (SSSR count). The largest absolute Gasteiger partial charge is 0.378 e. The first-order chi connectivity index (χ1) is 7.95. The van der Waals surface area contributed by atoms with E-state index in [2.05, 4.69) is 20.9 Å². The standard InChI is InChI=1S/C12H13N3O/c1-2-10-11(13-4-1)3-5-14-12(10)15-6-8-16-9-7-15/h1-5H,6-9H2. The summed E-state index contributed by atoms with van der Waals surface area (Å²) in [7, 11) is 0. The lowest BCUT2D eigenvalue weighted by Gasteiger charge is -2.28. The number of pyridine rings is 2. The summed E-state index contributed by atoms with van der Waals surface area (Å²) in [6, 6.07) is 5.97. The van der Waals surface area contributed by atoms with Gasteiger partial charge in [-0.25, -0.2) is 4.98 Å². The first-order valence-electron chi connectivity index (χ1n) is 5.47. The van der Waals surface area contributed by atoms with Crippen LogP contribution in [0.15, 0.2) is 30.6 Å². The Balaban J connectivity index is 2.08. The molecule has 2 aromatic rings. The Kier molecular flexibility index (Phi) is 2.42. The highest BCUT2D eigenvalue weighted by Crippen LogP contribution is 2.22. The molecule has 0 spiro atoms. The molecule has 0 saturated carbocycles. The summed E-state index contributed by atoms with van der Waals surface area (Å²) in [6.45, 7) is 3.36. The Morgan fingerprint density at radius 2 is 1.94 bits per heavy atom. The summed E-state index contributed by atoms with van der Waals surface area (Å²) >= 11 is 0. The molecule has 0 amide bonds. The lowest BCUT2D eigenvalue weighted by Crippen LogP contribution is -2.36. The van der Waals surface area contributed by atoms with Crippen LogP contribution in [0.3, 0.4) is 0 Å². The highest BCUT2D eigenvalue weighted by Gasteiger charge is 2.14. The van der Waals surface area contributed by atoms with E-state index in [1.807, 2.05) is 24.5 Å². The van der Waals surface area contributed by atoms with Crippen molar-refractivity contribution in [1.29, 1.82) is 0 Å². The quantitative estimate of drug-likeness (QED) is 0.722. The molecule has 1 aliphatic heterocycles. The number of anilines is 1. The highest BCUT2D eigenvalue weighted by molar-refractivity contribution is 5.89. The maximum absolute atomic E-state index is 5.35. The molecule has 1 aliphatic rings. The SMILES string of the molecule is c1cnc2ccnc(N3CCOCC3)c2c1. The minimum absolute atomic E-state index is 0.776. The number of morpholine rings is 1. The smallest absolute Gasteiger partial charge is 0.138 e. The molecule has 0 aromatic carbocycles. The minimum Gasteiger partial charge on any atom is -0.378 e.